The molecule has 1 rings (SSSR count). The third-order valence-corrected chi connectivity index (χ3v) is 2.54. The van der Waals surface area contributed by atoms with Crippen LogP contribution < -0.4 is 0 Å². The lowest BCUT2D eigenvalue weighted by Crippen LogP contribution is -2.55. The van der Waals surface area contributed by atoms with Gasteiger partial charge >= 0.3 is 0 Å². The van der Waals surface area contributed by atoms with Gasteiger partial charge in [0.15, 0.2) is 0 Å². The maximum absolute atomic E-state index is 9.72. The highest BCUT2D eigenvalue weighted by atomic mass is 16.6. The molecule has 0 radical (unpaired) electrons. The number of hydrogen-bond acceptors (Lipinski definition) is 5. The molecule has 0 bridgehead atoms. The summed E-state index contributed by atoms with van der Waals surface area (Å²) in [5.41, 5.74) is -0.846. The Morgan fingerprint density at radius 1 is 1.47 bits per heavy atom. The second-order valence-electron chi connectivity index (χ2n) is 4.35. The normalized spacial score (nSPS) is 28.7. The Kier molecular flexibility index (Phi) is 2.82. The minimum absolute atomic E-state index is 0.0974. The van der Waals surface area contributed by atoms with Crippen LogP contribution in [0.3, 0.4) is 0 Å². The first kappa shape index (κ1) is 12.0. The Morgan fingerprint density at radius 2 is 2.00 bits per heavy atom. The van der Waals surface area contributed by atoms with Gasteiger partial charge in [0.2, 0.25) is 5.76 Å². The van der Waals surface area contributed by atoms with Crippen molar-refractivity contribution in [1.82, 2.24) is 0 Å². The van der Waals surface area contributed by atoms with Crippen molar-refractivity contribution in [3.05, 3.63) is 24.4 Å². The molecule has 0 fully saturated rings. The largest absolute Gasteiger partial charge is 0.509 e. The van der Waals surface area contributed by atoms with E-state index in [9.17, 15) is 20.4 Å². The van der Waals surface area contributed by atoms with Gasteiger partial charge in [0, 0.05) is 11.8 Å². The summed E-state index contributed by atoms with van der Waals surface area (Å²) >= 11 is 0. The molecule has 4 N–H and O–H groups in total. The average Bonchev–Trinajstić information content (AvgIpc) is 2.09. The molecule has 0 aromatic rings. The van der Waals surface area contributed by atoms with Crippen molar-refractivity contribution in [2.75, 3.05) is 0 Å². The van der Waals surface area contributed by atoms with E-state index in [1.54, 1.807) is 13.8 Å². The summed E-state index contributed by atoms with van der Waals surface area (Å²) in [7, 11) is 0. The van der Waals surface area contributed by atoms with Crippen LogP contribution >= 0.6 is 0 Å². The fourth-order valence-electron chi connectivity index (χ4n) is 1.73. The van der Waals surface area contributed by atoms with E-state index in [0.29, 0.717) is 0 Å². The van der Waals surface area contributed by atoms with Crippen molar-refractivity contribution in [2.45, 2.75) is 32.2 Å². The average molecular weight is 216 g/mol. The molecule has 0 saturated carbocycles. The zero-order chi connectivity index (χ0) is 11.9. The van der Waals surface area contributed by atoms with Gasteiger partial charge in [-0.2, -0.15) is 0 Å². The number of aliphatic hydroxyl groups excluding tert-OH is 2. The molecule has 5 nitrogen and oxygen atoms in total. The van der Waals surface area contributed by atoms with Gasteiger partial charge in [-0.1, -0.05) is 20.4 Å². The Balaban J connectivity index is 3.19. The minimum Gasteiger partial charge on any atom is -0.509 e. The quantitative estimate of drug-likeness (QED) is 0.396. The smallest absolute Gasteiger partial charge is 0.254 e. The monoisotopic (exact) mass is 216 g/mol. The summed E-state index contributed by atoms with van der Waals surface area (Å²) < 4.78 is 4.71. The van der Waals surface area contributed by atoms with E-state index < -0.39 is 23.1 Å². The highest BCUT2D eigenvalue weighted by Crippen LogP contribution is 2.42. The van der Waals surface area contributed by atoms with E-state index >= 15 is 0 Å². The fourth-order valence-corrected chi connectivity index (χ4v) is 1.73. The lowest BCUT2D eigenvalue weighted by molar-refractivity contribution is -0.253. The lowest BCUT2D eigenvalue weighted by Gasteiger charge is -2.42. The van der Waals surface area contributed by atoms with E-state index in [-0.39, 0.29) is 12.2 Å². The van der Waals surface area contributed by atoms with Gasteiger partial charge in [0.05, 0.1) is 6.26 Å². The first-order chi connectivity index (χ1) is 6.73. The molecule has 1 aliphatic carbocycles. The zero-order valence-electron chi connectivity index (χ0n) is 8.77. The minimum atomic E-state index is -2.60. The Hall–Kier alpha value is -1.04. The molecule has 0 amide bonds. The second kappa shape index (κ2) is 3.52. The Morgan fingerprint density at radius 3 is 2.47 bits per heavy atom. The van der Waals surface area contributed by atoms with Crippen LogP contribution in [0.25, 0.3) is 0 Å². The first-order valence-corrected chi connectivity index (χ1v) is 4.56. The van der Waals surface area contributed by atoms with Crippen LogP contribution in [0.5, 0.6) is 0 Å². The molecule has 1 atom stereocenters. The van der Waals surface area contributed by atoms with Crippen molar-refractivity contribution in [2.24, 2.45) is 5.41 Å². The molecule has 15 heavy (non-hydrogen) atoms. The molecule has 0 saturated heterocycles. The van der Waals surface area contributed by atoms with E-state index in [1.807, 2.05) is 0 Å². The van der Waals surface area contributed by atoms with Crippen LogP contribution in [0.15, 0.2) is 24.4 Å². The predicted molar refractivity (Wildman–Crippen MR) is 52.5 cm³/mol. The molecule has 1 unspecified atom stereocenters. The molecular weight excluding hydrogens is 200 g/mol. The molecule has 5 heteroatoms. The number of hydrogen-bond donors (Lipinski definition) is 4. The van der Waals surface area contributed by atoms with Gasteiger partial charge in [-0.05, 0) is 0 Å². The lowest BCUT2D eigenvalue weighted by atomic mass is 9.74. The number of ether oxygens (including phenoxy) is 1. The Labute approximate surface area is 87.9 Å². The molecule has 86 valence electrons. The van der Waals surface area contributed by atoms with E-state index in [0.717, 1.165) is 6.26 Å². The van der Waals surface area contributed by atoms with Gasteiger partial charge in [-0.15, -0.1) is 0 Å². The van der Waals surface area contributed by atoms with Crippen LogP contribution in [0, 0.1) is 5.41 Å². The van der Waals surface area contributed by atoms with Gasteiger partial charge in [-0.3, -0.25) is 0 Å². The standard InChI is InChI=1S/C10H16O5/c1-4-15-7-6(11)5-9(2,3)8(12)10(7,13)14/h4,8,11-14H,1,5H2,2-3H3. The molecular formula is C10H16O5. The topological polar surface area (TPSA) is 90.2 Å². The van der Waals surface area contributed by atoms with Gasteiger partial charge in [0.25, 0.3) is 5.79 Å². The van der Waals surface area contributed by atoms with Crippen molar-refractivity contribution in [3.8, 4) is 0 Å². The van der Waals surface area contributed by atoms with E-state index in [1.165, 1.54) is 0 Å². The highest BCUT2D eigenvalue weighted by molar-refractivity contribution is 5.21. The van der Waals surface area contributed by atoms with Crippen molar-refractivity contribution < 1.29 is 25.2 Å². The maximum Gasteiger partial charge on any atom is 0.254 e. The van der Waals surface area contributed by atoms with Crippen molar-refractivity contribution >= 4 is 0 Å². The van der Waals surface area contributed by atoms with Crippen molar-refractivity contribution in [3.63, 3.8) is 0 Å². The summed E-state index contributed by atoms with van der Waals surface area (Å²) in [5, 5.41) is 38.6. The SMILES string of the molecule is C=COC1=C(O)CC(C)(C)C(O)C1(O)O. The highest BCUT2D eigenvalue weighted by Gasteiger charge is 2.53. The number of aliphatic hydroxyl groups is 4. The molecule has 0 spiro atoms. The summed E-state index contributed by atoms with van der Waals surface area (Å²) in [6, 6.07) is 0. The van der Waals surface area contributed by atoms with Crippen LogP contribution in [-0.2, 0) is 4.74 Å². The fraction of sp³-hybridized carbons (Fsp3) is 0.600. The second-order valence-corrected chi connectivity index (χ2v) is 4.35. The van der Waals surface area contributed by atoms with Crippen LogP contribution in [-0.4, -0.2) is 32.3 Å². The first-order valence-electron chi connectivity index (χ1n) is 4.56. The van der Waals surface area contributed by atoms with Crippen LogP contribution in [0.2, 0.25) is 0 Å². The van der Waals surface area contributed by atoms with Crippen LogP contribution in [0.1, 0.15) is 20.3 Å². The van der Waals surface area contributed by atoms with Crippen molar-refractivity contribution in [1.29, 1.82) is 0 Å². The van der Waals surface area contributed by atoms with E-state index in [2.05, 4.69) is 6.58 Å². The molecule has 0 aromatic heterocycles. The molecule has 0 aromatic carbocycles. The summed E-state index contributed by atoms with van der Waals surface area (Å²) in [6.07, 6.45) is -0.395. The van der Waals surface area contributed by atoms with Gasteiger partial charge < -0.3 is 25.2 Å². The Bertz CT molecular complexity index is 303. The molecule has 0 heterocycles. The summed E-state index contributed by atoms with van der Waals surface area (Å²) in [4.78, 5) is 0. The molecule has 0 aliphatic heterocycles. The summed E-state index contributed by atoms with van der Waals surface area (Å²) in [5.74, 6) is -3.36. The molecule has 1 aliphatic rings. The van der Waals surface area contributed by atoms with Gasteiger partial charge in [-0.25, -0.2) is 0 Å². The zero-order valence-corrected chi connectivity index (χ0v) is 8.77. The number of allylic oxidation sites excluding steroid dienone is 1. The van der Waals surface area contributed by atoms with E-state index in [4.69, 9.17) is 4.74 Å². The maximum atomic E-state index is 9.72. The van der Waals surface area contributed by atoms with Crippen LogP contribution in [0.4, 0.5) is 0 Å². The van der Waals surface area contributed by atoms with Gasteiger partial charge in [0.1, 0.15) is 11.9 Å². The number of rotatable bonds is 2. The summed E-state index contributed by atoms with van der Waals surface area (Å²) in [6.45, 7) is 6.47. The third kappa shape index (κ3) is 1.86. The predicted octanol–water partition coefficient (Wildman–Crippen LogP) is 0.388. The third-order valence-electron chi connectivity index (χ3n) is 2.54.